The van der Waals surface area contributed by atoms with Gasteiger partial charge in [0, 0.05) is 16.4 Å². The Morgan fingerprint density at radius 1 is 0.880 bits per heavy atom. The fraction of sp³-hybridized carbons (Fsp3) is 0.0952. The largest absolute Gasteiger partial charge is 0.355 e. The van der Waals surface area contributed by atoms with Crippen LogP contribution in [0.5, 0.6) is 0 Å². The molecule has 0 radical (unpaired) electrons. The summed E-state index contributed by atoms with van der Waals surface area (Å²) >= 11 is 5.98. The second kappa shape index (κ2) is 7.41. The Kier molecular flexibility index (Phi) is 5.05. The van der Waals surface area contributed by atoms with Gasteiger partial charge < -0.3 is 10.6 Å². The molecule has 0 aliphatic heterocycles. The van der Waals surface area contributed by atoms with Gasteiger partial charge in [0.15, 0.2) is 0 Å². The first-order valence-corrected chi connectivity index (χ1v) is 8.41. The van der Waals surface area contributed by atoms with E-state index in [1.807, 2.05) is 36.4 Å². The number of hydrogen-bond donors (Lipinski definition) is 2. The summed E-state index contributed by atoms with van der Waals surface area (Å²) in [6.07, 6.45) is 0. The van der Waals surface area contributed by atoms with Crippen molar-refractivity contribution in [3.63, 3.8) is 0 Å². The van der Waals surface area contributed by atoms with Crippen LogP contribution in [-0.4, -0.2) is 5.91 Å². The number of carbonyl (C=O) groups is 1. The van der Waals surface area contributed by atoms with E-state index in [0.29, 0.717) is 16.3 Å². The topological polar surface area (TPSA) is 41.1 Å². The predicted octanol–water partition coefficient (Wildman–Crippen LogP) is 5.95. The maximum absolute atomic E-state index is 12.7. The molecule has 0 aromatic heterocycles. The molecule has 3 nitrogen and oxygen atoms in total. The minimum Gasteiger partial charge on any atom is -0.355 e. The van der Waals surface area contributed by atoms with Gasteiger partial charge >= 0.3 is 0 Å². The number of halogens is 1. The molecule has 0 unspecified atom stereocenters. The molecular weight excluding hydrogens is 332 g/mol. The molecule has 0 aliphatic rings. The number of nitrogens with one attached hydrogen (secondary N) is 2. The molecule has 0 aliphatic carbocycles. The lowest BCUT2D eigenvalue weighted by molar-refractivity contribution is 0.102. The lowest BCUT2D eigenvalue weighted by Crippen LogP contribution is -2.14. The summed E-state index contributed by atoms with van der Waals surface area (Å²) < 4.78 is 0. The molecular formula is C21H19ClN2O. The van der Waals surface area contributed by atoms with E-state index in [2.05, 4.69) is 30.5 Å². The minimum atomic E-state index is -0.185. The van der Waals surface area contributed by atoms with Gasteiger partial charge in [-0.05, 0) is 61.4 Å². The molecule has 3 aromatic rings. The molecule has 0 atom stereocenters. The van der Waals surface area contributed by atoms with E-state index in [4.69, 9.17) is 11.6 Å². The van der Waals surface area contributed by atoms with Crippen LogP contribution in [0.25, 0.3) is 0 Å². The highest BCUT2D eigenvalue weighted by molar-refractivity contribution is 6.31. The molecule has 126 valence electrons. The van der Waals surface area contributed by atoms with Crippen LogP contribution in [0.2, 0.25) is 5.02 Å². The van der Waals surface area contributed by atoms with Gasteiger partial charge in [0.1, 0.15) is 0 Å². The Labute approximate surface area is 152 Å². The molecule has 0 saturated heterocycles. The van der Waals surface area contributed by atoms with E-state index in [0.717, 1.165) is 16.9 Å². The van der Waals surface area contributed by atoms with Crippen LogP contribution in [0, 0.1) is 13.8 Å². The van der Waals surface area contributed by atoms with Crippen molar-refractivity contribution >= 4 is 34.6 Å². The lowest BCUT2D eigenvalue weighted by atomic mass is 10.1. The maximum atomic E-state index is 12.7. The first-order valence-electron chi connectivity index (χ1n) is 8.04. The van der Waals surface area contributed by atoms with Gasteiger partial charge in [-0.1, -0.05) is 41.9 Å². The molecule has 3 aromatic carbocycles. The van der Waals surface area contributed by atoms with Crippen molar-refractivity contribution in [2.75, 3.05) is 10.6 Å². The smallest absolute Gasteiger partial charge is 0.257 e. The van der Waals surface area contributed by atoms with Gasteiger partial charge in [-0.15, -0.1) is 0 Å². The molecule has 0 bridgehead atoms. The number of anilines is 3. The van der Waals surface area contributed by atoms with Gasteiger partial charge in [-0.25, -0.2) is 0 Å². The van der Waals surface area contributed by atoms with Gasteiger partial charge in [-0.3, -0.25) is 4.79 Å². The van der Waals surface area contributed by atoms with Crippen LogP contribution >= 0.6 is 11.6 Å². The van der Waals surface area contributed by atoms with Crippen molar-refractivity contribution in [3.05, 3.63) is 88.4 Å². The molecule has 0 fully saturated rings. The second-order valence-corrected chi connectivity index (χ2v) is 6.32. The predicted molar refractivity (Wildman–Crippen MR) is 105 cm³/mol. The summed E-state index contributed by atoms with van der Waals surface area (Å²) in [6, 6.07) is 20.6. The van der Waals surface area contributed by atoms with Crippen molar-refractivity contribution in [2.45, 2.75) is 13.8 Å². The van der Waals surface area contributed by atoms with Crippen LogP contribution in [0.3, 0.4) is 0 Å². The van der Waals surface area contributed by atoms with Crippen LogP contribution in [0.1, 0.15) is 21.5 Å². The fourth-order valence-corrected chi connectivity index (χ4v) is 2.78. The highest BCUT2D eigenvalue weighted by Gasteiger charge is 2.12. The van der Waals surface area contributed by atoms with Crippen molar-refractivity contribution in [2.24, 2.45) is 0 Å². The molecule has 4 heteroatoms. The molecule has 25 heavy (non-hydrogen) atoms. The molecule has 0 heterocycles. The van der Waals surface area contributed by atoms with Crippen molar-refractivity contribution in [1.82, 2.24) is 0 Å². The van der Waals surface area contributed by atoms with Crippen molar-refractivity contribution in [1.29, 1.82) is 0 Å². The quantitative estimate of drug-likeness (QED) is 0.610. The number of hydrogen-bond acceptors (Lipinski definition) is 2. The van der Waals surface area contributed by atoms with Crippen LogP contribution in [0.15, 0.2) is 66.7 Å². The fourth-order valence-electron chi connectivity index (χ4n) is 2.59. The van der Waals surface area contributed by atoms with Crippen LogP contribution < -0.4 is 10.6 Å². The molecule has 0 saturated carbocycles. The van der Waals surface area contributed by atoms with E-state index >= 15 is 0 Å². The lowest BCUT2D eigenvalue weighted by Gasteiger charge is -2.15. The third-order valence-electron chi connectivity index (χ3n) is 4.13. The third kappa shape index (κ3) is 4.01. The van der Waals surface area contributed by atoms with E-state index in [9.17, 15) is 4.79 Å². The number of aryl methyl sites for hydroxylation is 1. The summed E-state index contributed by atoms with van der Waals surface area (Å²) in [4.78, 5) is 12.7. The van der Waals surface area contributed by atoms with Gasteiger partial charge in [-0.2, -0.15) is 0 Å². The summed E-state index contributed by atoms with van der Waals surface area (Å²) in [6.45, 7) is 4.13. The second-order valence-electron chi connectivity index (χ2n) is 5.88. The Balaban J connectivity index is 1.88. The summed E-state index contributed by atoms with van der Waals surface area (Å²) in [5.74, 6) is -0.185. The van der Waals surface area contributed by atoms with Crippen molar-refractivity contribution in [3.8, 4) is 0 Å². The maximum Gasteiger partial charge on any atom is 0.257 e. The van der Waals surface area contributed by atoms with Crippen molar-refractivity contribution < 1.29 is 4.79 Å². The highest BCUT2D eigenvalue weighted by atomic mass is 35.5. The molecule has 2 N–H and O–H groups in total. The average molecular weight is 351 g/mol. The van der Waals surface area contributed by atoms with Crippen LogP contribution in [-0.2, 0) is 0 Å². The standard InChI is InChI=1S/C21H19ClN2O/c1-14-7-5-12-19(15(14)2)24-20-11-4-3-10-18(20)21(25)23-17-9-6-8-16(22)13-17/h3-13,24H,1-2H3,(H,23,25). The van der Waals surface area contributed by atoms with E-state index < -0.39 is 0 Å². The van der Waals surface area contributed by atoms with Gasteiger partial charge in [0.25, 0.3) is 5.91 Å². The third-order valence-corrected chi connectivity index (χ3v) is 4.36. The summed E-state index contributed by atoms with van der Waals surface area (Å²) in [5.41, 5.74) is 5.35. The summed E-state index contributed by atoms with van der Waals surface area (Å²) in [5, 5.41) is 6.84. The monoisotopic (exact) mass is 350 g/mol. The first-order chi connectivity index (χ1) is 12.0. The van der Waals surface area contributed by atoms with Gasteiger partial charge in [0.2, 0.25) is 0 Å². The average Bonchev–Trinajstić information content (AvgIpc) is 2.59. The zero-order chi connectivity index (χ0) is 17.8. The molecule has 0 spiro atoms. The first kappa shape index (κ1) is 17.1. The highest BCUT2D eigenvalue weighted by Crippen LogP contribution is 2.26. The van der Waals surface area contributed by atoms with Crippen LogP contribution in [0.4, 0.5) is 17.1 Å². The Morgan fingerprint density at radius 2 is 1.60 bits per heavy atom. The number of rotatable bonds is 4. The number of para-hydroxylation sites is 1. The number of carbonyl (C=O) groups excluding carboxylic acids is 1. The molecule has 1 amide bonds. The Morgan fingerprint density at radius 3 is 2.40 bits per heavy atom. The zero-order valence-corrected chi connectivity index (χ0v) is 14.9. The Hall–Kier alpha value is -2.78. The van der Waals surface area contributed by atoms with E-state index in [-0.39, 0.29) is 5.91 Å². The number of benzene rings is 3. The Bertz CT molecular complexity index is 921. The van der Waals surface area contributed by atoms with E-state index in [1.54, 1.807) is 24.3 Å². The minimum absolute atomic E-state index is 0.185. The van der Waals surface area contributed by atoms with E-state index in [1.165, 1.54) is 5.56 Å². The number of amides is 1. The van der Waals surface area contributed by atoms with Gasteiger partial charge in [0.05, 0.1) is 11.3 Å². The normalized spacial score (nSPS) is 10.4. The summed E-state index contributed by atoms with van der Waals surface area (Å²) in [7, 11) is 0. The zero-order valence-electron chi connectivity index (χ0n) is 14.1. The SMILES string of the molecule is Cc1cccc(Nc2ccccc2C(=O)Nc2cccc(Cl)c2)c1C. The molecule has 3 rings (SSSR count).